The van der Waals surface area contributed by atoms with E-state index >= 15 is 0 Å². The van der Waals surface area contributed by atoms with Crippen molar-refractivity contribution < 1.29 is 26.4 Å². The number of benzene rings is 3. The molecule has 1 aliphatic heterocycles. The summed E-state index contributed by atoms with van der Waals surface area (Å²) in [6.07, 6.45) is 2.32. The molecule has 9 nitrogen and oxygen atoms in total. The molecule has 1 aliphatic rings. The lowest BCUT2D eigenvalue weighted by Gasteiger charge is -2.15. The first-order chi connectivity index (χ1) is 18.6. The number of amides is 1. The number of sulfonamides is 2. The minimum Gasteiger partial charge on any atom is -0.484 e. The molecule has 39 heavy (non-hydrogen) atoms. The van der Waals surface area contributed by atoms with Gasteiger partial charge in [-0.05, 0) is 73.7 Å². The lowest BCUT2D eigenvalue weighted by molar-refractivity contribution is -0.123. The van der Waals surface area contributed by atoms with Gasteiger partial charge in [-0.25, -0.2) is 21.6 Å². The van der Waals surface area contributed by atoms with Crippen LogP contribution in [-0.4, -0.2) is 53.3 Å². The van der Waals surface area contributed by atoms with E-state index in [2.05, 4.69) is 10.0 Å². The molecule has 0 saturated carbocycles. The summed E-state index contributed by atoms with van der Waals surface area (Å²) >= 11 is 0. The van der Waals surface area contributed by atoms with Crippen molar-refractivity contribution in [3.8, 4) is 5.75 Å². The van der Waals surface area contributed by atoms with E-state index < -0.39 is 26.1 Å². The van der Waals surface area contributed by atoms with E-state index in [-0.39, 0.29) is 22.3 Å². The van der Waals surface area contributed by atoms with E-state index in [4.69, 9.17) is 4.74 Å². The number of carbonyl (C=O) groups is 1. The van der Waals surface area contributed by atoms with Gasteiger partial charge in [-0.15, -0.1) is 0 Å². The van der Waals surface area contributed by atoms with Crippen molar-refractivity contribution >= 4 is 26.0 Å². The molecule has 1 amide bonds. The van der Waals surface area contributed by atoms with E-state index in [1.165, 1.54) is 28.6 Å². The van der Waals surface area contributed by atoms with E-state index in [0.29, 0.717) is 31.8 Å². The Labute approximate surface area is 230 Å². The van der Waals surface area contributed by atoms with Crippen LogP contribution < -0.4 is 14.8 Å². The zero-order valence-electron chi connectivity index (χ0n) is 21.7. The van der Waals surface area contributed by atoms with Crippen LogP contribution in [0.25, 0.3) is 0 Å². The summed E-state index contributed by atoms with van der Waals surface area (Å²) in [4.78, 5) is 12.6. The molecule has 4 rings (SSSR count). The van der Waals surface area contributed by atoms with Crippen molar-refractivity contribution in [2.45, 2.75) is 42.0 Å². The first kappa shape index (κ1) is 28.8. The summed E-state index contributed by atoms with van der Waals surface area (Å²) in [5.74, 6) is 0.0493. The molecule has 208 valence electrons. The molecule has 1 heterocycles. The van der Waals surface area contributed by atoms with E-state index in [9.17, 15) is 21.6 Å². The smallest absolute Gasteiger partial charge is 0.257 e. The van der Waals surface area contributed by atoms with Gasteiger partial charge in [0.15, 0.2) is 6.61 Å². The molecule has 0 bridgehead atoms. The monoisotopic (exact) mass is 571 g/mol. The zero-order valence-corrected chi connectivity index (χ0v) is 23.4. The van der Waals surface area contributed by atoms with Gasteiger partial charge in [-0.1, -0.05) is 42.5 Å². The van der Waals surface area contributed by atoms with Crippen LogP contribution in [-0.2, 0) is 31.3 Å². The number of carbonyl (C=O) groups excluding carboxylic acids is 1. The Balaban J connectivity index is 1.21. The molecule has 3 aromatic carbocycles. The second-order valence-corrected chi connectivity index (χ2v) is 13.0. The van der Waals surface area contributed by atoms with Crippen LogP contribution >= 0.6 is 0 Å². The molecule has 0 spiro atoms. The number of rotatable bonds is 12. The van der Waals surface area contributed by atoms with Crippen molar-refractivity contribution in [1.82, 2.24) is 14.3 Å². The number of hydrogen-bond acceptors (Lipinski definition) is 6. The van der Waals surface area contributed by atoms with E-state index in [0.717, 1.165) is 24.0 Å². The summed E-state index contributed by atoms with van der Waals surface area (Å²) in [5.41, 5.74) is 1.76. The van der Waals surface area contributed by atoms with Gasteiger partial charge in [0, 0.05) is 25.7 Å². The number of nitrogens with zero attached hydrogens (tertiary/aromatic N) is 1. The Morgan fingerprint density at radius 3 is 2.13 bits per heavy atom. The largest absolute Gasteiger partial charge is 0.484 e. The van der Waals surface area contributed by atoms with Gasteiger partial charge in [-0.3, -0.25) is 4.79 Å². The van der Waals surface area contributed by atoms with E-state index in [1.807, 2.05) is 30.3 Å². The van der Waals surface area contributed by atoms with Crippen LogP contribution in [0.15, 0.2) is 88.7 Å². The first-order valence-corrected chi connectivity index (χ1v) is 15.7. The van der Waals surface area contributed by atoms with Crippen molar-refractivity contribution in [2.75, 3.05) is 26.2 Å². The summed E-state index contributed by atoms with van der Waals surface area (Å²) in [6, 6.07) is 21.5. The molecule has 2 N–H and O–H groups in total. The van der Waals surface area contributed by atoms with Crippen LogP contribution in [0.3, 0.4) is 0 Å². The van der Waals surface area contributed by atoms with Crippen molar-refractivity contribution in [1.29, 1.82) is 0 Å². The molecular formula is C28H33N3O6S2. The number of nitrogens with one attached hydrogen (secondary N) is 2. The summed E-state index contributed by atoms with van der Waals surface area (Å²) < 4.78 is 60.3. The average molecular weight is 572 g/mol. The maximum absolute atomic E-state index is 12.7. The fourth-order valence-corrected chi connectivity index (χ4v) is 7.03. The SMILES string of the molecule is C[C@H](NS(=O)(=O)c1ccc(OCC(=O)NCCc2ccc(S(=O)(=O)N3CCCC3)cc2)cc1)c1ccccc1. The average Bonchev–Trinajstić information content (AvgIpc) is 3.49. The van der Waals surface area contributed by atoms with Crippen LogP contribution in [0.4, 0.5) is 0 Å². The van der Waals surface area contributed by atoms with Gasteiger partial charge < -0.3 is 10.1 Å². The summed E-state index contributed by atoms with van der Waals surface area (Å²) in [6.45, 7) is 3.04. The van der Waals surface area contributed by atoms with Gasteiger partial charge in [0.1, 0.15) is 5.75 Å². The van der Waals surface area contributed by atoms with Crippen LogP contribution in [0, 0.1) is 0 Å². The predicted octanol–water partition coefficient (Wildman–Crippen LogP) is 3.25. The Hall–Kier alpha value is -3.25. The molecule has 3 aromatic rings. The third kappa shape index (κ3) is 7.66. The fraction of sp³-hybridized carbons (Fsp3) is 0.321. The van der Waals surface area contributed by atoms with Crippen molar-refractivity contribution in [3.05, 3.63) is 90.0 Å². The highest BCUT2D eigenvalue weighted by Gasteiger charge is 2.26. The van der Waals surface area contributed by atoms with Crippen molar-refractivity contribution in [3.63, 3.8) is 0 Å². The van der Waals surface area contributed by atoms with Gasteiger partial charge >= 0.3 is 0 Å². The summed E-state index contributed by atoms with van der Waals surface area (Å²) in [5, 5.41) is 2.77. The maximum Gasteiger partial charge on any atom is 0.257 e. The van der Waals surface area contributed by atoms with Crippen LogP contribution in [0.1, 0.15) is 36.9 Å². The number of ether oxygens (including phenoxy) is 1. The Bertz CT molecular complexity index is 1450. The van der Waals surface area contributed by atoms with Crippen LogP contribution in [0.5, 0.6) is 5.75 Å². The van der Waals surface area contributed by atoms with Gasteiger partial charge in [0.25, 0.3) is 5.91 Å². The minimum atomic E-state index is -3.73. The Morgan fingerprint density at radius 1 is 0.872 bits per heavy atom. The molecule has 1 fully saturated rings. The quantitative estimate of drug-likeness (QED) is 0.344. The Morgan fingerprint density at radius 2 is 1.49 bits per heavy atom. The van der Waals surface area contributed by atoms with Crippen LogP contribution in [0.2, 0.25) is 0 Å². The molecule has 0 aliphatic carbocycles. The zero-order chi connectivity index (χ0) is 27.9. The van der Waals surface area contributed by atoms with E-state index in [1.54, 1.807) is 31.2 Å². The lowest BCUT2D eigenvalue weighted by Crippen LogP contribution is -2.30. The molecule has 1 atom stereocenters. The molecule has 11 heteroatoms. The highest BCUT2D eigenvalue weighted by atomic mass is 32.2. The molecule has 0 unspecified atom stereocenters. The molecule has 0 radical (unpaired) electrons. The normalized spacial score (nSPS) is 15.1. The highest BCUT2D eigenvalue weighted by Crippen LogP contribution is 2.22. The molecular weight excluding hydrogens is 538 g/mol. The number of hydrogen-bond donors (Lipinski definition) is 2. The first-order valence-electron chi connectivity index (χ1n) is 12.8. The third-order valence-electron chi connectivity index (χ3n) is 6.50. The maximum atomic E-state index is 12.7. The second kappa shape index (κ2) is 12.7. The van der Waals surface area contributed by atoms with Gasteiger partial charge in [0.05, 0.1) is 9.79 Å². The molecule has 1 saturated heterocycles. The minimum absolute atomic E-state index is 0.0985. The van der Waals surface area contributed by atoms with Crippen molar-refractivity contribution in [2.24, 2.45) is 0 Å². The topological polar surface area (TPSA) is 122 Å². The second-order valence-electron chi connectivity index (χ2n) is 9.37. The van der Waals surface area contributed by atoms with Gasteiger partial charge in [0.2, 0.25) is 20.0 Å². The molecule has 0 aromatic heterocycles. The summed E-state index contributed by atoms with van der Waals surface area (Å²) in [7, 11) is -7.17. The lowest BCUT2D eigenvalue weighted by atomic mass is 10.1. The highest BCUT2D eigenvalue weighted by molar-refractivity contribution is 7.89. The standard InChI is InChI=1S/C28H33N3O6S2/c1-22(24-7-3-2-4-8-24)30-38(33,34)26-15-11-25(12-16-26)37-21-28(32)29-18-17-23-9-13-27(14-10-23)39(35,36)31-19-5-6-20-31/h2-4,7-16,22,30H,5-6,17-21H2,1H3,(H,29,32)/t22-/m0/s1. The third-order valence-corrected chi connectivity index (χ3v) is 9.97. The Kier molecular flexibility index (Phi) is 9.39. The van der Waals surface area contributed by atoms with Gasteiger partial charge in [-0.2, -0.15) is 4.31 Å². The predicted molar refractivity (Wildman–Crippen MR) is 148 cm³/mol. The fourth-order valence-electron chi connectivity index (χ4n) is 4.28.